The van der Waals surface area contributed by atoms with Gasteiger partial charge in [-0.05, 0) is 52.9 Å². The number of carbonyl (C=O) groups excluding carboxylic acids is 1. The number of hydrogen-bond donors (Lipinski definition) is 0. The number of furan rings is 1. The first-order valence-electron chi connectivity index (χ1n) is 10.9. The predicted octanol–water partition coefficient (Wildman–Crippen LogP) is 5.65. The van der Waals surface area contributed by atoms with Crippen molar-refractivity contribution in [1.82, 2.24) is 4.98 Å². The van der Waals surface area contributed by atoms with E-state index in [0.29, 0.717) is 5.82 Å². The Morgan fingerprint density at radius 1 is 0.882 bits per heavy atom. The van der Waals surface area contributed by atoms with Crippen LogP contribution in [0.4, 0.5) is 5.82 Å². The second kappa shape index (κ2) is 9.27. The molecule has 0 fully saturated rings. The third-order valence-electron chi connectivity index (χ3n) is 5.44. The van der Waals surface area contributed by atoms with Gasteiger partial charge in [0.1, 0.15) is 5.82 Å². The second-order valence-electron chi connectivity index (χ2n) is 8.96. The number of hydrogen-bond acceptors (Lipinski definition) is 5. The van der Waals surface area contributed by atoms with Gasteiger partial charge in [0.05, 0.1) is 11.4 Å². The van der Waals surface area contributed by atoms with Gasteiger partial charge < -0.3 is 4.42 Å². The van der Waals surface area contributed by atoms with Crippen molar-refractivity contribution in [3.63, 3.8) is 0 Å². The summed E-state index contributed by atoms with van der Waals surface area (Å²) in [5, 5.41) is -0.280. The lowest BCUT2D eigenvalue weighted by atomic mass is 9.87. The van der Waals surface area contributed by atoms with Gasteiger partial charge in [0.25, 0.3) is 5.91 Å². The van der Waals surface area contributed by atoms with E-state index in [1.54, 1.807) is 42.6 Å². The van der Waals surface area contributed by atoms with Crippen LogP contribution in [-0.2, 0) is 21.8 Å². The number of benzene rings is 2. The molecule has 1 amide bonds. The predicted molar refractivity (Wildman–Crippen MR) is 130 cm³/mol. The van der Waals surface area contributed by atoms with Crippen LogP contribution in [0.2, 0.25) is 0 Å². The number of pyridine rings is 1. The molecule has 0 unspecified atom stereocenters. The van der Waals surface area contributed by atoms with Gasteiger partial charge in [0.15, 0.2) is 5.76 Å². The molecule has 6 nitrogen and oxygen atoms in total. The molecular weight excluding hydrogens is 448 g/mol. The molecule has 2 aromatic heterocycles. The molecule has 0 radical (unpaired) electrons. The molecule has 0 aliphatic heterocycles. The monoisotopic (exact) mass is 474 g/mol. The molecule has 0 N–H and O–H groups in total. The van der Waals surface area contributed by atoms with E-state index >= 15 is 0 Å². The molecule has 34 heavy (non-hydrogen) atoms. The minimum atomic E-state index is -3.87. The lowest BCUT2D eigenvalue weighted by molar-refractivity contribution is 0.0952. The van der Waals surface area contributed by atoms with Gasteiger partial charge in [0.2, 0.25) is 14.9 Å². The van der Waals surface area contributed by atoms with Crippen LogP contribution in [0.5, 0.6) is 0 Å². The molecule has 4 aromatic rings. The summed E-state index contributed by atoms with van der Waals surface area (Å²) in [4.78, 5) is 19.4. The average molecular weight is 475 g/mol. The maximum Gasteiger partial charge on any atom is 0.295 e. The van der Waals surface area contributed by atoms with Crippen LogP contribution in [0, 0.1) is 0 Å². The van der Waals surface area contributed by atoms with Gasteiger partial charge in [-0.3, -0.25) is 9.69 Å². The molecule has 0 saturated heterocycles. The molecular formula is C27H26N2O4S. The van der Waals surface area contributed by atoms with Crippen molar-refractivity contribution >= 4 is 21.6 Å². The summed E-state index contributed by atoms with van der Waals surface area (Å²) in [7, 11) is -3.87. The number of rotatable bonds is 6. The highest BCUT2D eigenvalue weighted by Crippen LogP contribution is 2.26. The third-order valence-corrected chi connectivity index (χ3v) is 7.08. The van der Waals surface area contributed by atoms with E-state index < -0.39 is 15.7 Å². The van der Waals surface area contributed by atoms with E-state index in [-0.39, 0.29) is 27.7 Å². The highest BCUT2D eigenvalue weighted by atomic mass is 32.2. The maximum absolute atomic E-state index is 13.5. The van der Waals surface area contributed by atoms with E-state index in [4.69, 9.17) is 4.42 Å². The largest absolute Gasteiger partial charge is 0.439 e. The Kier molecular flexibility index (Phi) is 6.39. The highest BCUT2D eigenvalue weighted by Gasteiger charge is 2.27. The first-order valence-corrected chi connectivity index (χ1v) is 12.4. The van der Waals surface area contributed by atoms with Crippen LogP contribution >= 0.6 is 0 Å². The Morgan fingerprint density at radius 3 is 2.18 bits per heavy atom. The van der Waals surface area contributed by atoms with Crippen LogP contribution in [0.25, 0.3) is 0 Å². The van der Waals surface area contributed by atoms with Crippen molar-refractivity contribution in [2.75, 3.05) is 4.90 Å². The molecule has 174 valence electrons. The van der Waals surface area contributed by atoms with Crippen LogP contribution < -0.4 is 4.90 Å². The minimum absolute atomic E-state index is 0.0177. The summed E-state index contributed by atoms with van der Waals surface area (Å²) in [6, 6.07) is 24.0. The Morgan fingerprint density at radius 2 is 1.56 bits per heavy atom. The Bertz CT molecular complexity index is 1370. The van der Waals surface area contributed by atoms with Crippen LogP contribution in [0.15, 0.2) is 106 Å². The molecule has 7 heteroatoms. The molecule has 0 atom stereocenters. The van der Waals surface area contributed by atoms with Crippen molar-refractivity contribution in [3.05, 3.63) is 108 Å². The topological polar surface area (TPSA) is 80.5 Å². The Labute approximate surface area is 199 Å². The molecule has 2 heterocycles. The van der Waals surface area contributed by atoms with Crippen molar-refractivity contribution in [1.29, 1.82) is 0 Å². The number of carbonyl (C=O) groups is 1. The fraction of sp³-hybridized carbons (Fsp3) is 0.185. The summed E-state index contributed by atoms with van der Waals surface area (Å²) in [6.07, 6.45) is 1.60. The zero-order valence-corrected chi connectivity index (χ0v) is 20.1. The molecule has 0 spiro atoms. The van der Waals surface area contributed by atoms with Crippen LogP contribution in [0.3, 0.4) is 0 Å². The molecule has 0 aliphatic carbocycles. The van der Waals surface area contributed by atoms with Gasteiger partial charge in [-0.25, -0.2) is 13.4 Å². The highest BCUT2D eigenvalue weighted by molar-refractivity contribution is 7.91. The molecule has 2 aromatic carbocycles. The summed E-state index contributed by atoms with van der Waals surface area (Å²) >= 11 is 0. The van der Waals surface area contributed by atoms with E-state index in [2.05, 4.69) is 25.8 Å². The second-order valence-corrected chi connectivity index (χ2v) is 10.8. The lowest BCUT2D eigenvalue weighted by Gasteiger charge is -2.22. The van der Waals surface area contributed by atoms with Gasteiger partial charge in [-0.1, -0.05) is 69.3 Å². The Hall–Kier alpha value is -3.71. The summed E-state index contributed by atoms with van der Waals surface area (Å²) in [6.45, 7) is 6.68. The smallest absolute Gasteiger partial charge is 0.295 e. The van der Waals surface area contributed by atoms with E-state index in [1.165, 1.54) is 34.7 Å². The molecule has 0 bridgehead atoms. The zero-order chi connectivity index (χ0) is 24.3. The van der Waals surface area contributed by atoms with E-state index in [9.17, 15) is 13.2 Å². The summed E-state index contributed by atoms with van der Waals surface area (Å²) in [5.74, 6) is -0.115. The van der Waals surface area contributed by atoms with Crippen LogP contribution in [0.1, 0.15) is 42.5 Å². The average Bonchev–Trinajstić information content (AvgIpc) is 3.34. The first-order chi connectivity index (χ1) is 16.2. The van der Waals surface area contributed by atoms with Crippen molar-refractivity contribution < 1.29 is 17.6 Å². The summed E-state index contributed by atoms with van der Waals surface area (Å²) in [5.41, 5.74) is 2.12. The number of nitrogens with zero attached hydrogens (tertiary/aromatic N) is 2. The van der Waals surface area contributed by atoms with Crippen molar-refractivity contribution in [2.45, 2.75) is 42.7 Å². The standard InChI is InChI=1S/C27H26N2O4S/c1-27(2,3)21-14-12-20(13-15-21)19-29(24-11-7-8-18-28-24)26(30)23-16-17-25(33-23)34(31,32)22-9-5-4-6-10-22/h4-18H,19H2,1-3H3. The summed E-state index contributed by atoms with van der Waals surface area (Å²) < 4.78 is 31.3. The Balaban J connectivity index is 1.65. The number of anilines is 1. The van der Waals surface area contributed by atoms with Crippen molar-refractivity contribution in [3.8, 4) is 0 Å². The van der Waals surface area contributed by atoms with Gasteiger partial charge in [-0.15, -0.1) is 0 Å². The quantitative estimate of drug-likeness (QED) is 0.361. The van der Waals surface area contributed by atoms with Crippen molar-refractivity contribution in [2.24, 2.45) is 0 Å². The molecule has 0 saturated carbocycles. The van der Waals surface area contributed by atoms with E-state index in [1.807, 2.05) is 24.3 Å². The fourth-order valence-electron chi connectivity index (χ4n) is 3.49. The minimum Gasteiger partial charge on any atom is -0.439 e. The molecule has 0 aliphatic rings. The zero-order valence-electron chi connectivity index (χ0n) is 19.3. The van der Waals surface area contributed by atoms with Gasteiger partial charge >= 0.3 is 0 Å². The molecule has 4 rings (SSSR count). The number of amides is 1. The number of aromatic nitrogens is 1. The van der Waals surface area contributed by atoms with Gasteiger partial charge in [0, 0.05) is 6.20 Å². The lowest BCUT2D eigenvalue weighted by Crippen LogP contribution is -2.31. The first kappa shape index (κ1) is 23.4. The SMILES string of the molecule is CC(C)(C)c1ccc(CN(C(=O)c2ccc(S(=O)(=O)c3ccccc3)o2)c2ccccn2)cc1. The van der Waals surface area contributed by atoms with Gasteiger partial charge in [-0.2, -0.15) is 0 Å². The fourth-order valence-corrected chi connectivity index (χ4v) is 4.69. The number of sulfone groups is 1. The van der Waals surface area contributed by atoms with Crippen LogP contribution in [-0.4, -0.2) is 19.3 Å². The normalized spacial score (nSPS) is 11.9. The maximum atomic E-state index is 13.5. The van der Waals surface area contributed by atoms with E-state index in [0.717, 1.165) is 5.56 Å². The third kappa shape index (κ3) is 4.94.